The summed E-state index contributed by atoms with van der Waals surface area (Å²) in [7, 11) is 0. The Balaban J connectivity index is 1.66. The van der Waals surface area contributed by atoms with Gasteiger partial charge in [-0.1, -0.05) is 5.16 Å². The van der Waals surface area contributed by atoms with Gasteiger partial charge in [-0.05, 0) is 43.5 Å². The zero-order valence-electron chi connectivity index (χ0n) is 11.4. The summed E-state index contributed by atoms with van der Waals surface area (Å²) in [6.07, 6.45) is 2.88. The van der Waals surface area contributed by atoms with Crippen molar-refractivity contribution in [3.63, 3.8) is 0 Å². The molecule has 0 heterocycles. The molecule has 1 fully saturated rings. The molecule has 110 valence electrons. The minimum absolute atomic E-state index is 0.0759. The van der Waals surface area contributed by atoms with Crippen molar-refractivity contribution in [1.82, 2.24) is 5.32 Å². The van der Waals surface area contributed by atoms with Gasteiger partial charge in [0, 0.05) is 18.7 Å². The number of hydrogen-bond acceptors (Lipinski definition) is 5. The average molecular weight is 279 g/mol. The molecule has 0 bridgehead atoms. The maximum Gasteiger partial charge on any atom is 0.170 e. The first-order chi connectivity index (χ1) is 9.63. The number of ether oxygens (including phenoxy) is 1. The standard InChI is InChI=1S/C14H21N3O3/c15-13(17-19)11-2-4-12(5-3-11)20-9-8-16-10-14(18)6-1-7-14/h2-5,16,18-19H,1,6-10H2,(H2,15,17). The van der Waals surface area contributed by atoms with Crippen molar-refractivity contribution in [2.24, 2.45) is 10.9 Å². The summed E-state index contributed by atoms with van der Waals surface area (Å²) < 4.78 is 5.55. The van der Waals surface area contributed by atoms with Crippen LogP contribution >= 0.6 is 0 Å². The minimum Gasteiger partial charge on any atom is -0.492 e. The van der Waals surface area contributed by atoms with E-state index in [2.05, 4.69) is 10.5 Å². The summed E-state index contributed by atoms with van der Waals surface area (Å²) in [5, 5.41) is 24.6. The number of benzene rings is 1. The monoisotopic (exact) mass is 279 g/mol. The third kappa shape index (κ3) is 3.85. The fourth-order valence-corrected chi connectivity index (χ4v) is 2.10. The number of amidine groups is 1. The molecule has 1 saturated carbocycles. The second kappa shape index (κ2) is 6.58. The second-order valence-electron chi connectivity index (χ2n) is 5.11. The molecule has 0 saturated heterocycles. The SMILES string of the molecule is N/C(=N/O)c1ccc(OCCNCC2(O)CCC2)cc1. The normalized spacial score (nSPS) is 17.6. The number of nitrogens with one attached hydrogen (secondary N) is 1. The Labute approximate surface area is 118 Å². The van der Waals surface area contributed by atoms with E-state index in [-0.39, 0.29) is 5.84 Å². The highest BCUT2D eigenvalue weighted by atomic mass is 16.5. The van der Waals surface area contributed by atoms with E-state index in [1.807, 2.05) is 0 Å². The van der Waals surface area contributed by atoms with Crippen LogP contribution in [0.1, 0.15) is 24.8 Å². The molecule has 0 spiro atoms. The minimum atomic E-state index is -0.497. The fourth-order valence-electron chi connectivity index (χ4n) is 2.10. The van der Waals surface area contributed by atoms with Crippen LogP contribution in [0.3, 0.4) is 0 Å². The lowest BCUT2D eigenvalue weighted by molar-refractivity contribution is -0.0314. The summed E-state index contributed by atoms with van der Waals surface area (Å²) in [6, 6.07) is 7.00. The predicted octanol–water partition coefficient (Wildman–Crippen LogP) is 0.664. The Kier molecular flexibility index (Phi) is 4.81. The van der Waals surface area contributed by atoms with E-state index >= 15 is 0 Å². The number of nitrogens with zero attached hydrogens (tertiary/aromatic N) is 1. The Bertz CT molecular complexity index is 455. The third-order valence-corrected chi connectivity index (χ3v) is 3.54. The molecule has 1 aliphatic carbocycles. The average Bonchev–Trinajstić information content (AvgIpc) is 2.45. The number of oxime groups is 1. The van der Waals surface area contributed by atoms with Crippen molar-refractivity contribution in [1.29, 1.82) is 0 Å². The molecule has 1 aromatic carbocycles. The lowest BCUT2D eigenvalue weighted by Crippen LogP contribution is -2.46. The highest BCUT2D eigenvalue weighted by molar-refractivity contribution is 5.97. The Morgan fingerprint density at radius 1 is 1.35 bits per heavy atom. The quantitative estimate of drug-likeness (QED) is 0.193. The second-order valence-corrected chi connectivity index (χ2v) is 5.11. The fraction of sp³-hybridized carbons (Fsp3) is 0.500. The Hall–Kier alpha value is -1.79. The highest BCUT2D eigenvalue weighted by Crippen LogP contribution is 2.30. The molecule has 0 aliphatic heterocycles. The van der Waals surface area contributed by atoms with E-state index in [0.29, 0.717) is 25.3 Å². The van der Waals surface area contributed by atoms with Crippen molar-refractivity contribution < 1.29 is 15.1 Å². The molecule has 1 aromatic rings. The molecule has 0 atom stereocenters. The zero-order valence-corrected chi connectivity index (χ0v) is 11.4. The van der Waals surface area contributed by atoms with Gasteiger partial charge in [-0.3, -0.25) is 0 Å². The van der Waals surface area contributed by atoms with Crippen molar-refractivity contribution in [2.75, 3.05) is 19.7 Å². The van der Waals surface area contributed by atoms with Crippen LogP contribution in [0.2, 0.25) is 0 Å². The van der Waals surface area contributed by atoms with E-state index in [1.54, 1.807) is 24.3 Å². The van der Waals surface area contributed by atoms with Crippen LogP contribution in [0, 0.1) is 0 Å². The van der Waals surface area contributed by atoms with Gasteiger partial charge >= 0.3 is 0 Å². The molecule has 0 aromatic heterocycles. The zero-order chi connectivity index (χ0) is 14.4. The molecular weight excluding hydrogens is 258 g/mol. The van der Waals surface area contributed by atoms with Crippen molar-refractivity contribution in [2.45, 2.75) is 24.9 Å². The maximum absolute atomic E-state index is 9.89. The molecule has 6 nitrogen and oxygen atoms in total. The lowest BCUT2D eigenvalue weighted by Gasteiger charge is -2.36. The molecule has 1 aliphatic rings. The van der Waals surface area contributed by atoms with Crippen LogP contribution in [0.5, 0.6) is 5.75 Å². The van der Waals surface area contributed by atoms with Crippen LogP contribution in [0.25, 0.3) is 0 Å². The summed E-state index contributed by atoms with van der Waals surface area (Å²) in [6.45, 7) is 1.84. The summed E-state index contributed by atoms with van der Waals surface area (Å²) in [4.78, 5) is 0. The van der Waals surface area contributed by atoms with Crippen LogP contribution < -0.4 is 15.8 Å². The van der Waals surface area contributed by atoms with Crippen LogP contribution in [0.4, 0.5) is 0 Å². The van der Waals surface area contributed by atoms with E-state index < -0.39 is 5.60 Å². The first kappa shape index (κ1) is 14.6. The van der Waals surface area contributed by atoms with E-state index in [9.17, 15) is 5.11 Å². The summed E-state index contributed by atoms with van der Waals surface area (Å²) in [5.41, 5.74) is 5.62. The van der Waals surface area contributed by atoms with Gasteiger partial charge in [0.25, 0.3) is 0 Å². The Morgan fingerprint density at radius 3 is 2.60 bits per heavy atom. The number of aliphatic hydroxyl groups is 1. The lowest BCUT2D eigenvalue weighted by atomic mass is 9.80. The van der Waals surface area contributed by atoms with E-state index in [1.165, 1.54) is 0 Å². The van der Waals surface area contributed by atoms with Crippen LogP contribution in [-0.2, 0) is 0 Å². The first-order valence-electron chi connectivity index (χ1n) is 6.77. The van der Waals surface area contributed by atoms with Gasteiger partial charge in [-0.2, -0.15) is 0 Å². The molecule has 2 rings (SSSR count). The largest absolute Gasteiger partial charge is 0.492 e. The van der Waals surface area contributed by atoms with Crippen molar-refractivity contribution in [3.8, 4) is 5.75 Å². The van der Waals surface area contributed by atoms with Gasteiger partial charge in [0.1, 0.15) is 12.4 Å². The number of hydrogen-bond donors (Lipinski definition) is 4. The molecular formula is C14H21N3O3. The smallest absolute Gasteiger partial charge is 0.170 e. The first-order valence-corrected chi connectivity index (χ1v) is 6.77. The molecule has 5 N–H and O–H groups in total. The molecule has 20 heavy (non-hydrogen) atoms. The molecule has 0 amide bonds. The van der Waals surface area contributed by atoms with Gasteiger partial charge in [0.15, 0.2) is 5.84 Å². The summed E-state index contributed by atoms with van der Waals surface area (Å²) >= 11 is 0. The number of rotatable bonds is 7. The Morgan fingerprint density at radius 2 is 2.05 bits per heavy atom. The van der Waals surface area contributed by atoms with Crippen molar-refractivity contribution in [3.05, 3.63) is 29.8 Å². The molecule has 0 radical (unpaired) electrons. The maximum atomic E-state index is 9.89. The van der Waals surface area contributed by atoms with Gasteiger partial charge in [-0.15, -0.1) is 0 Å². The third-order valence-electron chi connectivity index (χ3n) is 3.54. The highest BCUT2D eigenvalue weighted by Gasteiger charge is 2.33. The van der Waals surface area contributed by atoms with E-state index in [0.717, 1.165) is 25.0 Å². The topological polar surface area (TPSA) is 100 Å². The van der Waals surface area contributed by atoms with Crippen LogP contribution in [-0.4, -0.2) is 41.4 Å². The molecule has 0 unspecified atom stereocenters. The predicted molar refractivity (Wildman–Crippen MR) is 76.1 cm³/mol. The van der Waals surface area contributed by atoms with Gasteiger partial charge in [-0.25, -0.2) is 0 Å². The van der Waals surface area contributed by atoms with Gasteiger partial charge < -0.3 is 26.1 Å². The number of nitrogens with two attached hydrogens (primary N) is 1. The van der Waals surface area contributed by atoms with E-state index in [4.69, 9.17) is 15.7 Å². The summed E-state index contributed by atoms with van der Waals surface area (Å²) in [5.74, 6) is 0.801. The van der Waals surface area contributed by atoms with Gasteiger partial charge in [0.2, 0.25) is 0 Å². The molecule has 6 heteroatoms. The van der Waals surface area contributed by atoms with Crippen molar-refractivity contribution >= 4 is 5.84 Å². The van der Waals surface area contributed by atoms with Gasteiger partial charge in [0.05, 0.1) is 5.60 Å². The van der Waals surface area contributed by atoms with Crippen LogP contribution in [0.15, 0.2) is 29.4 Å².